The van der Waals surface area contributed by atoms with Gasteiger partial charge in [-0.2, -0.15) is 0 Å². The van der Waals surface area contributed by atoms with E-state index >= 15 is 0 Å². The molecule has 0 saturated heterocycles. The summed E-state index contributed by atoms with van der Waals surface area (Å²) in [7, 11) is 0. The minimum atomic E-state index is -0.377. The molecule has 2 aliphatic rings. The van der Waals surface area contributed by atoms with Crippen LogP contribution in [0.25, 0.3) is 5.57 Å². The predicted octanol–water partition coefficient (Wildman–Crippen LogP) is 8.89. The van der Waals surface area contributed by atoms with Crippen LogP contribution in [0.1, 0.15) is 62.5 Å². The lowest BCUT2D eigenvalue weighted by molar-refractivity contribution is 0.0487. The number of benzene rings is 3. The van der Waals surface area contributed by atoms with E-state index in [9.17, 15) is 4.39 Å². The number of hydrogen-bond acceptors (Lipinski definition) is 3. The fourth-order valence-corrected chi connectivity index (χ4v) is 4.69. The van der Waals surface area contributed by atoms with Crippen LogP contribution in [0.2, 0.25) is 0 Å². The summed E-state index contributed by atoms with van der Waals surface area (Å²) in [5.41, 5.74) is 6.16. The van der Waals surface area contributed by atoms with Gasteiger partial charge in [-0.25, -0.2) is 4.39 Å². The molecule has 2 aliphatic heterocycles. The Balaban J connectivity index is 0.000000323. The van der Waals surface area contributed by atoms with Gasteiger partial charge in [0.1, 0.15) is 5.82 Å². The Bertz CT molecular complexity index is 1250. The minimum Gasteiger partial charge on any atom is -0.447 e. The van der Waals surface area contributed by atoms with E-state index in [1.54, 1.807) is 0 Å². The molecule has 198 valence electrons. The monoisotopic (exact) mass is 511 g/mol. The van der Waals surface area contributed by atoms with Gasteiger partial charge in [0, 0.05) is 25.2 Å². The summed E-state index contributed by atoms with van der Waals surface area (Å²) in [5, 5.41) is 0. The molecule has 0 aromatic heterocycles. The average Bonchev–Trinajstić information content (AvgIpc) is 3.39. The summed E-state index contributed by atoms with van der Waals surface area (Å²) in [6.07, 6.45) is 10.5. The highest BCUT2D eigenvalue weighted by molar-refractivity contribution is 5.66. The molecule has 0 fully saturated rings. The highest BCUT2D eigenvalue weighted by Gasteiger charge is 2.26. The van der Waals surface area contributed by atoms with Crippen molar-refractivity contribution in [2.24, 2.45) is 0 Å². The Morgan fingerprint density at radius 1 is 1.03 bits per heavy atom. The van der Waals surface area contributed by atoms with Crippen molar-refractivity contribution in [2.45, 2.75) is 52.4 Å². The molecule has 0 N–H and O–H groups in total. The van der Waals surface area contributed by atoms with Crippen LogP contribution in [-0.4, -0.2) is 18.0 Å². The summed E-state index contributed by atoms with van der Waals surface area (Å²) in [6.45, 7) is 10.7. The molecule has 5 rings (SSSR count). The van der Waals surface area contributed by atoms with Crippen molar-refractivity contribution in [2.75, 3.05) is 13.1 Å². The smallest absolute Gasteiger partial charge is 0.267 e. The van der Waals surface area contributed by atoms with E-state index in [1.807, 2.05) is 54.6 Å². The average molecular weight is 512 g/mol. The first kappa shape index (κ1) is 27.4. The van der Waals surface area contributed by atoms with E-state index in [0.717, 1.165) is 55.1 Å². The number of hydrogen-bond donors (Lipinski definition) is 0. The van der Waals surface area contributed by atoms with Gasteiger partial charge in [0.25, 0.3) is 6.29 Å². The number of ether oxygens (including phenoxy) is 2. The normalized spacial score (nSPS) is 16.9. The van der Waals surface area contributed by atoms with Gasteiger partial charge in [0.15, 0.2) is 11.5 Å². The van der Waals surface area contributed by atoms with Crippen LogP contribution in [-0.2, 0) is 6.54 Å². The van der Waals surface area contributed by atoms with E-state index in [0.29, 0.717) is 0 Å². The van der Waals surface area contributed by atoms with Crippen molar-refractivity contribution in [3.05, 3.63) is 126 Å². The SMILES string of the molecule is C=CCC/C(=C\C)CC.Fc1ccc(C2=CCN(Cc3ccc4c(c3)OC(c3ccccc3)O4)CC2)cc1. The number of allylic oxidation sites excluding steroid dienone is 3. The lowest BCUT2D eigenvalue weighted by Gasteiger charge is -2.26. The number of rotatable bonds is 8. The summed E-state index contributed by atoms with van der Waals surface area (Å²) in [4.78, 5) is 2.40. The lowest BCUT2D eigenvalue weighted by Crippen LogP contribution is -2.28. The Hall–Kier alpha value is -3.63. The molecule has 0 aliphatic carbocycles. The van der Waals surface area contributed by atoms with Crippen molar-refractivity contribution >= 4 is 5.57 Å². The second-order valence-electron chi connectivity index (χ2n) is 9.61. The lowest BCUT2D eigenvalue weighted by atomic mass is 9.99. The first-order valence-corrected chi connectivity index (χ1v) is 13.5. The fraction of sp³-hybridized carbons (Fsp3) is 0.294. The van der Waals surface area contributed by atoms with Crippen molar-refractivity contribution < 1.29 is 13.9 Å². The molecule has 4 heteroatoms. The molecule has 0 amide bonds. The zero-order valence-corrected chi connectivity index (χ0v) is 22.5. The number of halogens is 1. The first-order chi connectivity index (χ1) is 18.6. The molecular weight excluding hydrogens is 473 g/mol. The quantitative estimate of drug-likeness (QED) is 0.282. The van der Waals surface area contributed by atoms with Crippen LogP contribution in [0, 0.1) is 5.82 Å². The highest BCUT2D eigenvalue weighted by atomic mass is 19.1. The zero-order chi connectivity index (χ0) is 26.7. The molecule has 3 nitrogen and oxygen atoms in total. The molecule has 1 atom stereocenters. The Labute approximate surface area is 226 Å². The van der Waals surface area contributed by atoms with Crippen LogP contribution in [0.15, 0.2) is 103 Å². The van der Waals surface area contributed by atoms with Gasteiger partial charge in [-0.1, -0.05) is 79.3 Å². The van der Waals surface area contributed by atoms with E-state index in [2.05, 4.69) is 49.6 Å². The Kier molecular flexibility index (Phi) is 9.94. The van der Waals surface area contributed by atoms with Crippen molar-refractivity contribution in [1.82, 2.24) is 4.90 Å². The topological polar surface area (TPSA) is 21.7 Å². The minimum absolute atomic E-state index is 0.191. The molecule has 0 spiro atoms. The second-order valence-corrected chi connectivity index (χ2v) is 9.61. The highest BCUT2D eigenvalue weighted by Crippen LogP contribution is 2.41. The van der Waals surface area contributed by atoms with Crippen molar-refractivity contribution in [1.29, 1.82) is 0 Å². The van der Waals surface area contributed by atoms with Crippen LogP contribution < -0.4 is 9.47 Å². The van der Waals surface area contributed by atoms with Gasteiger partial charge >= 0.3 is 0 Å². The van der Waals surface area contributed by atoms with Crippen LogP contribution >= 0.6 is 0 Å². The molecule has 0 radical (unpaired) electrons. The molecule has 2 heterocycles. The van der Waals surface area contributed by atoms with Crippen LogP contribution in [0.5, 0.6) is 11.5 Å². The molecule has 3 aromatic carbocycles. The standard InChI is InChI=1S/C25H22FNO2.C9H16/c26-22-9-7-19(8-10-22)20-12-14-27(15-13-20)17-18-6-11-23-24(16-18)29-25(28-23)21-4-2-1-3-5-21;1-4-7-8-9(5-2)6-3/h1-12,16,25H,13-15,17H2;4-5H,1,6-8H2,2-3H3/b;9-5-. The number of nitrogens with zero attached hydrogens (tertiary/aromatic N) is 1. The third kappa shape index (κ3) is 7.45. The maximum atomic E-state index is 13.1. The largest absolute Gasteiger partial charge is 0.447 e. The van der Waals surface area contributed by atoms with Gasteiger partial charge in [0.2, 0.25) is 0 Å². The predicted molar refractivity (Wildman–Crippen MR) is 155 cm³/mol. The third-order valence-corrected chi connectivity index (χ3v) is 6.99. The Morgan fingerprint density at radius 3 is 2.45 bits per heavy atom. The molecule has 0 bridgehead atoms. The third-order valence-electron chi connectivity index (χ3n) is 6.99. The summed E-state index contributed by atoms with van der Waals surface area (Å²) in [6, 6.07) is 22.9. The molecular formula is C34H38FNO2. The number of fused-ring (bicyclic) bond motifs is 1. The summed E-state index contributed by atoms with van der Waals surface area (Å²) in [5.74, 6) is 1.40. The molecule has 3 aromatic rings. The van der Waals surface area contributed by atoms with Crippen LogP contribution in [0.4, 0.5) is 4.39 Å². The van der Waals surface area contributed by atoms with Gasteiger partial charge in [-0.3, -0.25) is 4.90 Å². The van der Waals surface area contributed by atoms with E-state index in [1.165, 1.54) is 41.7 Å². The van der Waals surface area contributed by atoms with E-state index in [-0.39, 0.29) is 12.1 Å². The molecule has 1 unspecified atom stereocenters. The molecule has 38 heavy (non-hydrogen) atoms. The van der Waals surface area contributed by atoms with Crippen molar-refractivity contribution in [3.8, 4) is 11.5 Å². The summed E-state index contributed by atoms with van der Waals surface area (Å²) < 4.78 is 25.1. The van der Waals surface area contributed by atoms with Gasteiger partial charge in [0.05, 0.1) is 0 Å². The second kappa shape index (κ2) is 13.8. The maximum absolute atomic E-state index is 13.1. The Morgan fingerprint density at radius 2 is 1.79 bits per heavy atom. The van der Waals surface area contributed by atoms with E-state index in [4.69, 9.17) is 9.47 Å². The van der Waals surface area contributed by atoms with E-state index < -0.39 is 0 Å². The van der Waals surface area contributed by atoms with Crippen LogP contribution in [0.3, 0.4) is 0 Å². The van der Waals surface area contributed by atoms with Gasteiger partial charge in [-0.15, -0.1) is 6.58 Å². The van der Waals surface area contributed by atoms with Gasteiger partial charge in [-0.05, 0) is 73.6 Å². The maximum Gasteiger partial charge on any atom is 0.267 e. The molecule has 0 saturated carbocycles. The summed E-state index contributed by atoms with van der Waals surface area (Å²) >= 11 is 0. The zero-order valence-electron chi connectivity index (χ0n) is 22.5. The fourth-order valence-electron chi connectivity index (χ4n) is 4.69. The van der Waals surface area contributed by atoms with Gasteiger partial charge < -0.3 is 9.47 Å². The first-order valence-electron chi connectivity index (χ1n) is 13.5. The van der Waals surface area contributed by atoms with Crippen molar-refractivity contribution in [3.63, 3.8) is 0 Å².